The third kappa shape index (κ3) is 5.45. The Labute approximate surface area is 125 Å². The van der Waals surface area contributed by atoms with Crippen LogP contribution in [-0.4, -0.2) is 31.1 Å². The summed E-state index contributed by atoms with van der Waals surface area (Å²) in [4.78, 5) is 23.2. The molecule has 1 aromatic carbocycles. The van der Waals surface area contributed by atoms with Gasteiger partial charge in [0.1, 0.15) is 5.75 Å². The summed E-state index contributed by atoms with van der Waals surface area (Å²) >= 11 is 0. The van der Waals surface area contributed by atoms with E-state index < -0.39 is 12.1 Å². The number of hydrogen-bond acceptors (Lipinski definition) is 4. The van der Waals surface area contributed by atoms with Crippen LogP contribution in [0.15, 0.2) is 24.3 Å². The summed E-state index contributed by atoms with van der Waals surface area (Å²) in [6.45, 7) is 7.73. The predicted molar refractivity (Wildman–Crippen MR) is 80.3 cm³/mol. The molecule has 116 valence electrons. The Morgan fingerprint density at radius 2 is 1.86 bits per heavy atom. The lowest BCUT2D eigenvalue weighted by atomic mass is 10.0. The molecule has 0 spiro atoms. The molecule has 1 aromatic rings. The third-order valence-corrected chi connectivity index (χ3v) is 2.91. The van der Waals surface area contributed by atoms with Crippen molar-refractivity contribution in [2.45, 2.75) is 39.7 Å². The minimum atomic E-state index is -0.818. The van der Waals surface area contributed by atoms with Crippen molar-refractivity contribution in [3.05, 3.63) is 29.8 Å². The van der Waals surface area contributed by atoms with Crippen LogP contribution in [0.2, 0.25) is 0 Å². The van der Waals surface area contributed by atoms with E-state index in [0.717, 1.165) is 5.56 Å². The Hall–Kier alpha value is -2.04. The maximum absolute atomic E-state index is 11.7. The highest BCUT2D eigenvalue weighted by atomic mass is 16.6. The summed E-state index contributed by atoms with van der Waals surface area (Å²) < 4.78 is 10.5. The summed E-state index contributed by atoms with van der Waals surface area (Å²) in [7, 11) is 0. The average Bonchev–Trinajstić information content (AvgIpc) is 2.45. The number of amides is 1. The van der Waals surface area contributed by atoms with Gasteiger partial charge in [0.05, 0.1) is 0 Å². The van der Waals surface area contributed by atoms with Crippen LogP contribution in [0.5, 0.6) is 5.75 Å². The molecule has 5 heteroatoms. The molecule has 1 atom stereocenters. The molecule has 1 amide bonds. The minimum Gasteiger partial charge on any atom is -0.482 e. The van der Waals surface area contributed by atoms with Gasteiger partial charge in [-0.05, 0) is 31.4 Å². The van der Waals surface area contributed by atoms with E-state index in [0.29, 0.717) is 18.2 Å². The van der Waals surface area contributed by atoms with Crippen LogP contribution in [-0.2, 0) is 14.3 Å². The lowest BCUT2D eigenvalue weighted by Crippen LogP contribution is -2.36. The number of carbonyl (C=O) groups is 2. The van der Waals surface area contributed by atoms with E-state index >= 15 is 0 Å². The number of benzene rings is 1. The summed E-state index contributed by atoms with van der Waals surface area (Å²) in [6, 6.07) is 7.56. The molecule has 0 bridgehead atoms. The SMILES string of the molecule is CCNC(=O)[C@@H](C)OC(=O)COc1ccccc1C(C)C. The second-order valence-corrected chi connectivity index (χ2v) is 5.01. The van der Waals surface area contributed by atoms with Crippen molar-refractivity contribution in [1.82, 2.24) is 5.32 Å². The van der Waals surface area contributed by atoms with Gasteiger partial charge < -0.3 is 14.8 Å². The Kier molecular flexibility index (Phi) is 6.72. The smallest absolute Gasteiger partial charge is 0.344 e. The van der Waals surface area contributed by atoms with Gasteiger partial charge in [-0.15, -0.1) is 0 Å². The van der Waals surface area contributed by atoms with Crippen LogP contribution < -0.4 is 10.1 Å². The van der Waals surface area contributed by atoms with E-state index in [1.165, 1.54) is 6.92 Å². The quantitative estimate of drug-likeness (QED) is 0.783. The molecule has 0 fully saturated rings. The molecule has 0 aliphatic rings. The highest BCUT2D eigenvalue weighted by molar-refractivity contribution is 5.83. The largest absolute Gasteiger partial charge is 0.482 e. The normalized spacial score (nSPS) is 11.9. The number of hydrogen-bond donors (Lipinski definition) is 1. The zero-order valence-corrected chi connectivity index (χ0v) is 13.0. The third-order valence-electron chi connectivity index (χ3n) is 2.91. The van der Waals surface area contributed by atoms with Gasteiger partial charge in [-0.3, -0.25) is 4.79 Å². The van der Waals surface area contributed by atoms with Crippen molar-refractivity contribution in [2.24, 2.45) is 0 Å². The van der Waals surface area contributed by atoms with Crippen molar-refractivity contribution in [3.8, 4) is 5.75 Å². The van der Waals surface area contributed by atoms with Crippen LogP contribution in [0.3, 0.4) is 0 Å². The van der Waals surface area contributed by atoms with Crippen molar-refractivity contribution >= 4 is 11.9 Å². The first kappa shape index (κ1) is 17.0. The van der Waals surface area contributed by atoms with Crippen molar-refractivity contribution in [1.29, 1.82) is 0 Å². The molecule has 0 aliphatic heterocycles. The van der Waals surface area contributed by atoms with E-state index in [1.807, 2.05) is 24.3 Å². The molecule has 1 N–H and O–H groups in total. The fraction of sp³-hybridized carbons (Fsp3) is 0.500. The van der Waals surface area contributed by atoms with E-state index in [2.05, 4.69) is 19.2 Å². The van der Waals surface area contributed by atoms with Gasteiger partial charge >= 0.3 is 5.97 Å². The zero-order chi connectivity index (χ0) is 15.8. The molecule has 21 heavy (non-hydrogen) atoms. The number of para-hydroxylation sites is 1. The highest BCUT2D eigenvalue weighted by Crippen LogP contribution is 2.25. The number of ether oxygens (including phenoxy) is 2. The highest BCUT2D eigenvalue weighted by Gasteiger charge is 2.17. The second-order valence-electron chi connectivity index (χ2n) is 5.01. The summed E-state index contributed by atoms with van der Waals surface area (Å²) in [6.07, 6.45) is -0.818. The van der Waals surface area contributed by atoms with Crippen LogP contribution in [0.4, 0.5) is 0 Å². The fourth-order valence-electron chi connectivity index (χ4n) is 1.83. The van der Waals surface area contributed by atoms with Gasteiger partial charge in [-0.1, -0.05) is 32.0 Å². The van der Waals surface area contributed by atoms with Gasteiger partial charge in [0.15, 0.2) is 12.7 Å². The molecule has 0 aromatic heterocycles. The molecular formula is C16H23NO4. The number of esters is 1. The molecule has 1 rings (SSSR count). The average molecular weight is 293 g/mol. The van der Waals surface area contributed by atoms with Crippen LogP contribution in [0, 0.1) is 0 Å². The Balaban J connectivity index is 2.52. The number of nitrogens with one attached hydrogen (secondary N) is 1. The van der Waals surface area contributed by atoms with Crippen molar-refractivity contribution < 1.29 is 19.1 Å². The van der Waals surface area contributed by atoms with Crippen LogP contribution in [0.25, 0.3) is 0 Å². The van der Waals surface area contributed by atoms with Gasteiger partial charge in [-0.25, -0.2) is 4.79 Å². The Bertz CT molecular complexity index is 485. The van der Waals surface area contributed by atoms with E-state index in [9.17, 15) is 9.59 Å². The van der Waals surface area contributed by atoms with Crippen molar-refractivity contribution in [2.75, 3.05) is 13.2 Å². The zero-order valence-electron chi connectivity index (χ0n) is 13.0. The minimum absolute atomic E-state index is 0.215. The first-order valence-electron chi connectivity index (χ1n) is 7.14. The standard InChI is InChI=1S/C16H23NO4/c1-5-17-16(19)12(4)21-15(18)10-20-14-9-7-6-8-13(14)11(2)3/h6-9,11-12H,5,10H2,1-4H3,(H,17,19)/t12-/m1/s1. The number of rotatable bonds is 7. The van der Waals surface area contributed by atoms with Crippen molar-refractivity contribution in [3.63, 3.8) is 0 Å². The molecule has 0 radical (unpaired) electrons. The Morgan fingerprint density at radius 3 is 2.48 bits per heavy atom. The maximum Gasteiger partial charge on any atom is 0.344 e. The number of likely N-dealkylation sites (N-methyl/N-ethyl adjacent to an activating group) is 1. The van der Waals surface area contributed by atoms with E-state index in [-0.39, 0.29) is 12.5 Å². The monoisotopic (exact) mass is 293 g/mol. The number of carbonyl (C=O) groups excluding carboxylic acids is 2. The van der Waals surface area contributed by atoms with Gasteiger partial charge in [0.2, 0.25) is 0 Å². The lowest BCUT2D eigenvalue weighted by Gasteiger charge is -2.15. The van der Waals surface area contributed by atoms with Crippen LogP contribution >= 0.6 is 0 Å². The first-order valence-corrected chi connectivity index (χ1v) is 7.14. The van der Waals surface area contributed by atoms with Gasteiger partial charge in [0, 0.05) is 6.54 Å². The molecule has 0 saturated heterocycles. The molecule has 0 aliphatic carbocycles. The molecule has 0 unspecified atom stereocenters. The maximum atomic E-state index is 11.7. The second kappa shape index (κ2) is 8.29. The van der Waals surface area contributed by atoms with Gasteiger partial charge in [-0.2, -0.15) is 0 Å². The predicted octanol–water partition coefficient (Wildman–Crippen LogP) is 2.26. The van der Waals surface area contributed by atoms with Gasteiger partial charge in [0.25, 0.3) is 5.91 Å². The van der Waals surface area contributed by atoms with E-state index in [4.69, 9.17) is 9.47 Å². The first-order chi connectivity index (χ1) is 9.95. The van der Waals surface area contributed by atoms with E-state index in [1.54, 1.807) is 6.92 Å². The molecular weight excluding hydrogens is 270 g/mol. The molecule has 5 nitrogen and oxygen atoms in total. The summed E-state index contributed by atoms with van der Waals surface area (Å²) in [5, 5.41) is 2.59. The molecule has 0 saturated carbocycles. The topological polar surface area (TPSA) is 64.6 Å². The summed E-state index contributed by atoms with van der Waals surface area (Å²) in [5.41, 5.74) is 1.03. The summed E-state index contributed by atoms with van der Waals surface area (Å²) in [5.74, 6) is 0.0855. The molecule has 0 heterocycles. The Morgan fingerprint density at radius 1 is 1.19 bits per heavy atom. The lowest BCUT2D eigenvalue weighted by molar-refractivity contribution is -0.156. The fourth-order valence-corrected chi connectivity index (χ4v) is 1.83. The van der Waals surface area contributed by atoms with Crippen LogP contribution in [0.1, 0.15) is 39.2 Å².